The third kappa shape index (κ3) is 5.56. The van der Waals surface area contributed by atoms with E-state index in [9.17, 15) is 9.59 Å². The number of carbonyl (C=O) groups excluding carboxylic acids is 2. The predicted molar refractivity (Wildman–Crippen MR) is 100 cm³/mol. The van der Waals surface area contributed by atoms with Crippen LogP contribution >= 0.6 is 0 Å². The highest BCUT2D eigenvalue weighted by molar-refractivity contribution is 5.81. The van der Waals surface area contributed by atoms with Crippen LogP contribution in [0.4, 0.5) is 0 Å². The van der Waals surface area contributed by atoms with Crippen molar-refractivity contribution in [3.63, 3.8) is 0 Å². The molecule has 0 saturated carbocycles. The molecule has 0 spiro atoms. The molecule has 0 aliphatic carbocycles. The molecular formula is C20H31N3O2. The average Bonchev–Trinajstić information content (AvgIpc) is 2.61. The van der Waals surface area contributed by atoms with Gasteiger partial charge < -0.3 is 15.5 Å². The molecule has 3 atom stereocenters. The number of likely N-dealkylation sites (tertiary alicyclic amines) is 1. The maximum absolute atomic E-state index is 12.4. The number of nitrogens with zero attached hydrogens (tertiary/aromatic N) is 1. The second-order valence-corrected chi connectivity index (χ2v) is 7.12. The molecule has 1 fully saturated rings. The number of benzene rings is 1. The molecule has 25 heavy (non-hydrogen) atoms. The van der Waals surface area contributed by atoms with Crippen molar-refractivity contribution in [2.45, 2.75) is 59.2 Å². The van der Waals surface area contributed by atoms with Crippen molar-refractivity contribution in [1.82, 2.24) is 15.5 Å². The summed E-state index contributed by atoms with van der Waals surface area (Å²) in [6.45, 7) is 9.82. The van der Waals surface area contributed by atoms with E-state index in [1.165, 1.54) is 5.56 Å². The number of hydrogen-bond donors (Lipinski definition) is 2. The molecule has 5 heteroatoms. The predicted octanol–water partition coefficient (Wildman–Crippen LogP) is 2.24. The molecular weight excluding hydrogens is 314 g/mol. The molecule has 2 N–H and O–H groups in total. The topological polar surface area (TPSA) is 61.4 Å². The summed E-state index contributed by atoms with van der Waals surface area (Å²) in [5, 5.41) is 6.48. The molecule has 0 radical (unpaired) electrons. The van der Waals surface area contributed by atoms with Crippen LogP contribution in [-0.4, -0.2) is 41.9 Å². The first-order valence-corrected chi connectivity index (χ1v) is 9.25. The fraction of sp³-hybridized carbons (Fsp3) is 0.600. The van der Waals surface area contributed by atoms with E-state index >= 15 is 0 Å². The Morgan fingerprint density at radius 2 is 1.96 bits per heavy atom. The summed E-state index contributed by atoms with van der Waals surface area (Å²) in [6, 6.07) is 8.22. The van der Waals surface area contributed by atoms with Crippen LogP contribution in [0.3, 0.4) is 0 Å². The van der Waals surface area contributed by atoms with Gasteiger partial charge in [0.2, 0.25) is 11.8 Å². The maximum atomic E-state index is 12.4. The van der Waals surface area contributed by atoms with Crippen LogP contribution in [0.25, 0.3) is 0 Å². The summed E-state index contributed by atoms with van der Waals surface area (Å²) in [5.74, 6) is 0.551. The van der Waals surface area contributed by atoms with Crippen molar-refractivity contribution < 1.29 is 9.59 Å². The average molecular weight is 345 g/mol. The first kappa shape index (κ1) is 19.4. The van der Waals surface area contributed by atoms with Crippen molar-refractivity contribution in [3.8, 4) is 0 Å². The van der Waals surface area contributed by atoms with E-state index in [4.69, 9.17) is 0 Å². The second-order valence-electron chi connectivity index (χ2n) is 7.12. The van der Waals surface area contributed by atoms with Gasteiger partial charge in [0.15, 0.2) is 0 Å². The SMILES string of the molecule is CCC1CN(C(C)=O)CCC1NC(C)C(=O)NCc1ccc(C)cc1. The van der Waals surface area contributed by atoms with Crippen LogP contribution in [0.1, 0.15) is 44.7 Å². The number of carbonyl (C=O) groups is 2. The van der Waals surface area contributed by atoms with Gasteiger partial charge in [0.1, 0.15) is 0 Å². The molecule has 0 aromatic heterocycles. The molecule has 138 valence electrons. The molecule has 1 aromatic carbocycles. The zero-order chi connectivity index (χ0) is 18.4. The Labute approximate surface area is 151 Å². The van der Waals surface area contributed by atoms with Gasteiger partial charge in [0.05, 0.1) is 6.04 Å². The molecule has 1 aliphatic heterocycles. The van der Waals surface area contributed by atoms with Gasteiger partial charge in [-0.3, -0.25) is 9.59 Å². The molecule has 2 rings (SSSR count). The van der Waals surface area contributed by atoms with Crippen molar-refractivity contribution in [2.24, 2.45) is 5.92 Å². The number of rotatable bonds is 6. The van der Waals surface area contributed by atoms with Crippen LogP contribution < -0.4 is 10.6 Å². The first-order valence-electron chi connectivity index (χ1n) is 9.25. The zero-order valence-corrected chi connectivity index (χ0v) is 15.8. The molecule has 1 saturated heterocycles. The number of piperidine rings is 1. The van der Waals surface area contributed by atoms with Crippen LogP contribution in [0.15, 0.2) is 24.3 Å². The van der Waals surface area contributed by atoms with E-state index in [1.54, 1.807) is 6.92 Å². The van der Waals surface area contributed by atoms with E-state index in [-0.39, 0.29) is 23.9 Å². The largest absolute Gasteiger partial charge is 0.351 e. The zero-order valence-electron chi connectivity index (χ0n) is 15.8. The van der Waals surface area contributed by atoms with Crippen LogP contribution in [0, 0.1) is 12.8 Å². The molecule has 1 aromatic rings. The highest BCUT2D eigenvalue weighted by Crippen LogP contribution is 2.21. The smallest absolute Gasteiger partial charge is 0.237 e. The third-order valence-corrected chi connectivity index (χ3v) is 5.15. The van der Waals surface area contributed by atoms with E-state index < -0.39 is 0 Å². The van der Waals surface area contributed by atoms with E-state index in [0.717, 1.165) is 31.5 Å². The minimum absolute atomic E-state index is 0.0180. The lowest BCUT2D eigenvalue weighted by atomic mass is 9.89. The molecule has 0 bridgehead atoms. The molecule has 5 nitrogen and oxygen atoms in total. The summed E-state index contributed by atoms with van der Waals surface area (Å²) < 4.78 is 0. The van der Waals surface area contributed by atoms with Gasteiger partial charge in [0, 0.05) is 32.6 Å². The van der Waals surface area contributed by atoms with Gasteiger partial charge in [0.25, 0.3) is 0 Å². The Kier molecular flexibility index (Phi) is 7.00. The van der Waals surface area contributed by atoms with Gasteiger partial charge in [-0.15, -0.1) is 0 Å². The lowest BCUT2D eigenvalue weighted by Gasteiger charge is -2.39. The van der Waals surface area contributed by atoms with Crippen LogP contribution in [0.2, 0.25) is 0 Å². The van der Waals surface area contributed by atoms with Gasteiger partial charge in [-0.1, -0.05) is 43.2 Å². The number of hydrogen-bond acceptors (Lipinski definition) is 3. The minimum atomic E-state index is -0.242. The maximum Gasteiger partial charge on any atom is 0.237 e. The number of amides is 2. The lowest BCUT2D eigenvalue weighted by molar-refractivity contribution is -0.131. The first-order chi connectivity index (χ1) is 11.9. The second kappa shape index (κ2) is 8.99. The lowest BCUT2D eigenvalue weighted by Crippen LogP contribution is -2.55. The third-order valence-electron chi connectivity index (χ3n) is 5.15. The summed E-state index contributed by atoms with van der Waals surface area (Å²) in [7, 11) is 0. The highest BCUT2D eigenvalue weighted by Gasteiger charge is 2.30. The molecule has 3 unspecified atom stereocenters. The molecule has 1 heterocycles. The van der Waals surface area contributed by atoms with Gasteiger partial charge in [-0.05, 0) is 31.7 Å². The van der Waals surface area contributed by atoms with Gasteiger partial charge in [-0.2, -0.15) is 0 Å². The van der Waals surface area contributed by atoms with Crippen molar-refractivity contribution in [2.75, 3.05) is 13.1 Å². The highest BCUT2D eigenvalue weighted by atomic mass is 16.2. The normalized spacial score (nSPS) is 21.7. The monoisotopic (exact) mass is 345 g/mol. The van der Waals surface area contributed by atoms with E-state index in [2.05, 4.69) is 36.6 Å². The Bertz CT molecular complexity index is 585. The Morgan fingerprint density at radius 3 is 2.56 bits per heavy atom. The van der Waals surface area contributed by atoms with Crippen LogP contribution in [-0.2, 0) is 16.1 Å². The van der Waals surface area contributed by atoms with Gasteiger partial charge >= 0.3 is 0 Å². The summed E-state index contributed by atoms with van der Waals surface area (Å²) in [6.07, 6.45) is 1.90. The summed E-state index contributed by atoms with van der Waals surface area (Å²) in [5.41, 5.74) is 2.32. The molecule has 2 amide bonds. The quantitative estimate of drug-likeness (QED) is 0.831. The van der Waals surface area contributed by atoms with Crippen molar-refractivity contribution in [1.29, 1.82) is 0 Å². The Hall–Kier alpha value is -1.88. The Morgan fingerprint density at radius 1 is 1.28 bits per heavy atom. The summed E-state index contributed by atoms with van der Waals surface area (Å²) >= 11 is 0. The Balaban J connectivity index is 1.83. The number of aryl methyl sites for hydroxylation is 1. The fourth-order valence-corrected chi connectivity index (χ4v) is 3.40. The van der Waals surface area contributed by atoms with E-state index in [0.29, 0.717) is 12.5 Å². The van der Waals surface area contributed by atoms with Crippen molar-refractivity contribution in [3.05, 3.63) is 35.4 Å². The molecule has 1 aliphatic rings. The van der Waals surface area contributed by atoms with Crippen LogP contribution in [0.5, 0.6) is 0 Å². The fourth-order valence-electron chi connectivity index (χ4n) is 3.40. The van der Waals surface area contributed by atoms with Crippen molar-refractivity contribution >= 4 is 11.8 Å². The minimum Gasteiger partial charge on any atom is -0.351 e. The van der Waals surface area contributed by atoms with E-state index in [1.807, 2.05) is 24.0 Å². The number of nitrogens with one attached hydrogen (secondary N) is 2. The standard InChI is InChI=1S/C20H31N3O2/c1-5-18-13-23(16(4)24)11-10-19(18)22-15(3)20(25)21-12-17-8-6-14(2)7-9-17/h6-9,15,18-19,22H,5,10-13H2,1-4H3,(H,21,25). The van der Waals surface area contributed by atoms with Gasteiger partial charge in [-0.25, -0.2) is 0 Å². The summed E-state index contributed by atoms with van der Waals surface area (Å²) in [4.78, 5) is 25.9.